The molecule has 78 valence electrons. The third kappa shape index (κ3) is 13.7. The molecule has 0 aliphatic carbocycles. The minimum atomic E-state index is -4.86. The molecule has 0 heterocycles. The smallest absolute Gasteiger partial charge is 0.466 e. The van der Waals surface area contributed by atoms with Crippen LogP contribution >= 0.6 is 0 Å². The van der Waals surface area contributed by atoms with Crippen LogP contribution < -0.4 is 5.73 Å². The van der Waals surface area contributed by atoms with E-state index in [4.69, 9.17) is 4.79 Å². The van der Waals surface area contributed by atoms with E-state index in [2.05, 4.69) is 10.5 Å². The zero-order chi connectivity index (χ0) is 11.1. The van der Waals surface area contributed by atoms with Gasteiger partial charge >= 0.3 is 18.1 Å². The van der Waals surface area contributed by atoms with E-state index >= 15 is 0 Å². The van der Waals surface area contributed by atoms with Gasteiger partial charge in [0, 0.05) is 6.92 Å². The second-order valence-corrected chi connectivity index (χ2v) is 1.79. The molecule has 2 N–H and O–H groups in total. The van der Waals surface area contributed by atoms with Gasteiger partial charge in [-0.2, -0.15) is 13.2 Å². The number of amides is 1. The molecule has 0 atom stereocenters. The number of rotatable bonds is 1. The highest BCUT2D eigenvalue weighted by Gasteiger charge is 2.35. The molecule has 0 aliphatic heterocycles. The van der Waals surface area contributed by atoms with Crippen LogP contribution in [0, 0.1) is 0 Å². The van der Waals surface area contributed by atoms with Crippen molar-refractivity contribution in [3.63, 3.8) is 0 Å². The Balaban J connectivity index is 0. The Morgan fingerprint density at radius 1 is 1.38 bits per heavy atom. The zero-order valence-electron chi connectivity index (χ0n) is 7.14. The standard InChI is InChI=1S/C4H8O2.C2H2F3NO/c1-3-6-4(2)5;3-2(4,5)1(6)7/h3H2,1-2H3;(H2,6,7). The highest BCUT2D eigenvalue weighted by Crippen LogP contribution is 2.11. The van der Waals surface area contributed by atoms with Crippen LogP contribution in [0.4, 0.5) is 13.2 Å². The van der Waals surface area contributed by atoms with Crippen molar-refractivity contribution in [1.29, 1.82) is 0 Å². The van der Waals surface area contributed by atoms with E-state index in [0.29, 0.717) is 6.61 Å². The second kappa shape index (κ2) is 6.27. The molecule has 1 amide bonds. The first-order chi connectivity index (χ1) is 5.71. The van der Waals surface area contributed by atoms with Gasteiger partial charge in [-0.05, 0) is 6.92 Å². The van der Waals surface area contributed by atoms with Crippen molar-refractivity contribution in [3.05, 3.63) is 0 Å². The average molecular weight is 201 g/mol. The molecule has 0 aromatic heterocycles. The van der Waals surface area contributed by atoms with Gasteiger partial charge in [-0.15, -0.1) is 0 Å². The molecule has 0 aliphatic rings. The van der Waals surface area contributed by atoms with Gasteiger partial charge in [-0.25, -0.2) is 0 Å². The number of carbonyl (C=O) groups excluding carboxylic acids is 2. The lowest BCUT2D eigenvalue weighted by Gasteiger charge is -1.95. The largest absolute Gasteiger partial charge is 0.470 e. The summed E-state index contributed by atoms with van der Waals surface area (Å²) in [5.41, 5.74) is 3.81. The summed E-state index contributed by atoms with van der Waals surface area (Å²) in [6.07, 6.45) is -4.86. The number of hydrogen-bond acceptors (Lipinski definition) is 3. The molecule has 0 bridgehead atoms. The SMILES string of the molecule is CCOC(C)=O.NC(=O)C(F)(F)F. The Hall–Kier alpha value is -1.27. The van der Waals surface area contributed by atoms with Gasteiger partial charge in [0.15, 0.2) is 0 Å². The maximum atomic E-state index is 10.7. The van der Waals surface area contributed by atoms with E-state index in [9.17, 15) is 18.0 Å². The molecular weight excluding hydrogens is 191 g/mol. The Labute approximate surface area is 72.8 Å². The molecule has 0 fully saturated rings. The summed E-state index contributed by atoms with van der Waals surface area (Å²) < 4.78 is 36.5. The first-order valence-corrected chi connectivity index (χ1v) is 3.21. The lowest BCUT2D eigenvalue weighted by molar-refractivity contribution is -0.169. The highest BCUT2D eigenvalue weighted by molar-refractivity contribution is 5.79. The molecule has 7 heteroatoms. The summed E-state index contributed by atoms with van der Waals surface area (Å²) in [6, 6.07) is 0. The predicted molar refractivity (Wildman–Crippen MR) is 37.6 cm³/mol. The average Bonchev–Trinajstić information content (AvgIpc) is 1.85. The molecular formula is C6H10F3NO3. The summed E-state index contributed by atoms with van der Waals surface area (Å²) >= 11 is 0. The van der Waals surface area contributed by atoms with Crippen LogP contribution in [-0.2, 0) is 14.3 Å². The number of hydrogen-bond donors (Lipinski definition) is 1. The first kappa shape index (κ1) is 14.3. The van der Waals surface area contributed by atoms with Crippen LogP contribution in [0.15, 0.2) is 0 Å². The Kier molecular flexibility index (Phi) is 6.88. The number of ether oxygens (including phenoxy) is 1. The van der Waals surface area contributed by atoms with Crippen LogP contribution in [0.5, 0.6) is 0 Å². The Bertz CT molecular complexity index is 178. The summed E-state index contributed by atoms with van der Waals surface area (Å²) in [5, 5.41) is 0. The van der Waals surface area contributed by atoms with E-state index < -0.39 is 12.1 Å². The number of nitrogens with two attached hydrogens (primary N) is 1. The molecule has 0 aromatic rings. The molecule has 4 nitrogen and oxygen atoms in total. The zero-order valence-corrected chi connectivity index (χ0v) is 7.14. The molecule has 0 unspecified atom stereocenters. The summed E-state index contributed by atoms with van der Waals surface area (Å²) in [4.78, 5) is 18.9. The molecule has 0 radical (unpaired) electrons. The van der Waals surface area contributed by atoms with Gasteiger partial charge in [-0.1, -0.05) is 0 Å². The lowest BCUT2D eigenvalue weighted by Crippen LogP contribution is -2.30. The van der Waals surface area contributed by atoms with Crippen molar-refractivity contribution in [1.82, 2.24) is 0 Å². The summed E-state index contributed by atoms with van der Waals surface area (Å²) in [5.74, 6) is -2.47. The predicted octanol–water partition coefficient (Wildman–Crippen LogP) is 0.603. The number of carbonyl (C=O) groups is 2. The van der Waals surface area contributed by atoms with E-state index in [1.165, 1.54) is 6.92 Å². The highest BCUT2D eigenvalue weighted by atomic mass is 19.4. The maximum absolute atomic E-state index is 10.7. The van der Waals surface area contributed by atoms with Gasteiger partial charge in [-0.3, -0.25) is 9.59 Å². The van der Waals surface area contributed by atoms with E-state index in [-0.39, 0.29) is 5.97 Å². The minimum Gasteiger partial charge on any atom is -0.466 e. The second-order valence-electron chi connectivity index (χ2n) is 1.79. The van der Waals surface area contributed by atoms with Crippen LogP contribution in [-0.4, -0.2) is 24.7 Å². The van der Waals surface area contributed by atoms with E-state index in [1.807, 2.05) is 0 Å². The topological polar surface area (TPSA) is 69.4 Å². The fourth-order valence-electron chi connectivity index (χ4n) is 0.203. The van der Waals surface area contributed by atoms with Crippen molar-refractivity contribution in [3.8, 4) is 0 Å². The first-order valence-electron chi connectivity index (χ1n) is 3.21. The molecule has 0 rings (SSSR count). The minimum absolute atomic E-state index is 0.211. The summed E-state index contributed by atoms with van der Waals surface area (Å²) in [7, 11) is 0. The lowest BCUT2D eigenvalue weighted by atomic mass is 10.6. The van der Waals surface area contributed by atoms with Crippen molar-refractivity contribution in [2.75, 3.05) is 6.61 Å². The van der Waals surface area contributed by atoms with E-state index in [0.717, 1.165) is 0 Å². The van der Waals surface area contributed by atoms with Crippen LogP contribution in [0.3, 0.4) is 0 Å². The van der Waals surface area contributed by atoms with Crippen LogP contribution in [0.1, 0.15) is 13.8 Å². The number of halogens is 3. The van der Waals surface area contributed by atoms with Gasteiger partial charge in [0.2, 0.25) is 0 Å². The maximum Gasteiger partial charge on any atom is 0.470 e. The van der Waals surface area contributed by atoms with Crippen LogP contribution in [0.2, 0.25) is 0 Å². The molecule has 0 aromatic carbocycles. The van der Waals surface area contributed by atoms with Crippen LogP contribution in [0.25, 0.3) is 0 Å². The van der Waals surface area contributed by atoms with Crippen molar-refractivity contribution in [2.24, 2.45) is 5.73 Å². The monoisotopic (exact) mass is 201 g/mol. The van der Waals surface area contributed by atoms with Crippen molar-refractivity contribution >= 4 is 11.9 Å². The van der Waals surface area contributed by atoms with Gasteiger partial charge in [0.05, 0.1) is 6.61 Å². The fraction of sp³-hybridized carbons (Fsp3) is 0.667. The molecule has 0 spiro atoms. The fourth-order valence-corrected chi connectivity index (χ4v) is 0.203. The third-order valence-corrected chi connectivity index (χ3v) is 0.627. The molecule has 0 saturated heterocycles. The number of alkyl halides is 3. The van der Waals surface area contributed by atoms with Crippen molar-refractivity contribution < 1.29 is 27.5 Å². The Morgan fingerprint density at radius 3 is 1.69 bits per heavy atom. The van der Waals surface area contributed by atoms with E-state index in [1.54, 1.807) is 6.92 Å². The summed E-state index contributed by atoms with van der Waals surface area (Å²) in [6.45, 7) is 3.65. The normalized spacial score (nSPS) is 9.62. The third-order valence-electron chi connectivity index (χ3n) is 0.627. The Morgan fingerprint density at radius 2 is 1.69 bits per heavy atom. The van der Waals surface area contributed by atoms with Gasteiger partial charge in [0.25, 0.3) is 0 Å². The van der Waals surface area contributed by atoms with Crippen molar-refractivity contribution in [2.45, 2.75) is 20.0 Å². The number of primary amides is 1. The molecule has 0 saturated carbocycles. The molecule has 13 heavy (non-hydrogen) atoms. The van der Waals surface area contributed by atoms with Gasteiger partial charge in [0.1, 0.15) is 0 Å². The number of esters is 1. The quantitative estimate of drug-likeness (QED) is 0.631. The van der Waals surface area contributed by atoms with Gasteiger partial charge < -0.3 is 10.5 Å².